The zero-order valence-electron chi connectivity index (χ0n) is 22.9. The molecule has 12 heteroatoms. The van der Waals surface area contributed by atoms with Crippen LogP contribution in [0.4, 0.5) is 5.69 Å². The minimum atomic E-state index is -0.910. The number of esters is 1. The Bertz CT molecular complexity index is 1410. The number of aliphatic carboxylic acids is 1. The van der Waals surface area contributed by atoms with Crippen LogP contribution in [-0.2, 0) is 30.5 Å². The number of benzene rings is 2. The van der Waals surface area contributed by atoms with Gasteiger partial charge < -0.3 is 25.3 Å². The average molecular weight is 594 g/mol. The molecule has 2 aliphatic carbocycles. The quantitative estimate of drug-likeness (QED) is 0.234. The van der Waals surface area contributed by atoms with Crippen molar-refractivity contribution in [3.63, 3.8) is 0 Å². The third-order valence-electron chi connectivity index (χ3n) is 8.45. The minimum absolute atomic E-state index is 0.00589. The van der Waals surface area contributed by atoms with Crippen LogP contribution in [0.5, 0.6) is 0 Å². The second-order valence-electron chi connectivity index (χ2n) is 10.9. The van der Waals surface area contributed by atoms with Crippen molar-refractivity contribution in [1.82, 2.24) is 10.4 Å². The van der Waals surface area contributed by atoms with E-state index in [9.17, 15) is 29.1 Å². The topological polar surface area (TPSA) is 151 Å². The van der Waals surface area contributed by atoms with Crippen molar-refractivity contribution in [2.45, 2.75) is 51.7 Å². The summed E-state index contributed by atoms with van der Waals surface area (Å²) in [6.45, 7) is 2.40. The number of thiocarbonyl (C=S) groups is 1. The predicted molar refractivity (Wildman–Crippen MR) is 153 cm³/mol. The third-order valence-corrected chi connectivity index (χ3v) is 8.69. The lowest BCUT2D eigenvalue weighted by atomic mass is 9.71. The maximum Gasteiger partial charge on any atom is 0.366 e. The van der Waals surface area contributed by atoms with Crippen molar-refractivity contribution in [3.05, 3.63) is 65.2 Å². The van der Waals surface area contributed by atoms with Gasteiger partial charge in [-0.1, -0.05) is 31.2 Å². The smallest absolute Gasteiger partial charge is 0.366 e. The first kappa shape index (κ1) is 29.2. The van der Waals surface area contributed by atoms with Gasteiger partial charge in [0.2, 0.25) is 0 Å². The number of rotatable bonds is 8. The number of nitrogens with one attached hydrogen (secondary N) is 2. The molecule has 3 fully saturated rings. The van der Waals surface area contributed by atoms with Gasteiger partial charge in [0.25, 0.3) is 11.8 Å². The van der Waals surface area contributed by atoms with Crippen molar-refractivity contribution in [2.75, 3.05) is 5.32 Å². The largest absolute Gasteiger partial charge is 0.481 e. The monoisotopic (exact) mass is 593 g/mol. The molecule has 220 valence electrons. The summed E-state index contributed by atoms with van der Waals surface area (Å²) >= 11 is 5.37. The van der Waals surface area contributed by atoms with Crippen LogP contribution in [0.25, 0.3) is 0 Å². The highest BCUT2D eigenvalue weighted by atomic mass is 32.1. The normalized spacial score (nSPS) is 24.7. The fourth-order valence-electron chi connectivity index (χ4n) is 6.18. The highest BCUT2D eigenvalue weighted by Crippen LogP contribution is 2.50. The molecule has 2 saturated carbocycles. The molecule has 0 aromatic heterocycles. The summed E-state index contributed by atoms with van der Waals surface area (Å²) in [5, 5.41) is 16.4. The summed E-state index contributed by atoms with van der Waals surface area (Å²) in [6, 6.07) is 13.1. The second-order valence-corrected chi connectivity index (χ2v) is 11.3. The van der Waals surface area contributed by atoms with Crippen LogP contribution in [-0.4, -0.2) is 51.1 Å². The lowest BCUT2D eigenvalue weighted by Crippen LogP contribution is -2.44. The van der Waals surface area contributed by atoms with Gasteiger partial charge in [-0.15, -0.1) is 5.06 Å². The first-order chi connectivity index (χ1) is 20.1. The zero-order valence-corrected chi connectivity index (χ0v) is 23.7. The van der Waals surface area contributed by atoms with Crippen LogP contribution in [0.2, 0.25) is 0 Å². The fraction of sp³-hybridized carbons (Fsp3) is 0.400. The number of nitrogens with zero attached hydrogens (tertiary/aromatic N) is 1. The molecule has 4 unspecified atom stereocenters. The first-order valence-electron chi connectivity index (χ1n) is 13.9. The SMILES string of the molecule is CC1C2CC[C@H]1C(C(=O)O)C(OC(=O)c1ccc(CNC(=S)Nc3ccccc3C(=O)ON3C(=O)CCC3=O)cc1)C2. The van der Waals surface area contributed by atoms with Crippen LogP contribution in [0.1, 0.15) is 65.3 Å². The third kappa shape index (κ3) is 6.13. The van der Waals surface area contributed by atoms with Gasteiger partial charge in [-0.25, -0.2) is 9.59 Å². The van der Waals surface area contributed by atoms with E-state index >= 15 is 0 Å². The summed E-state index contributed by atoms with van der Waals surface area (Å²) < 4.78 is 5.72. The molecule has 5 rings (SSSR count). The van der Waals surface area contributed by atoms with E-state index < -0.39 is 41.7 Å². The number of hydroxylamine groups is 2. The summed E-state index contributed by atoms with van der Waals surface area (Å²) in [5.41, 5.74) is 1.55. The molecular weight excluding hydrogens is 562 g/mol. The Kier molecular flexibility index (Phi) is 8.53. The number of fused-ring (bicyclic) bond motifs is 2. The molecule has 2 amide bonds. The summed E-state index contributed by atoms with van der Waals surface area (Å²) in [7, 11) is 0. The van der Waals surface area contributed by atoms with Crippen molar-refractivity contribution in [3.8, 4) is 0 Å². The maximum absolute atomic E-state index is 12.9. The van der Waals surface area contributed by atoms with Gasteiger partial charge in [-0.2, -0.15) is 0 Å². The summed E-state index contributed by atoms with van der Waals surface area (Å²) in [4.78, 5) is 66.1. The lowest BCUT2D eigenvalue weighted by molar-refractivity contribution is -0.172. The Balaban J connectivity index is 1.14. The molecule has 2 bridgehead atoms. The van der Waals surface area contributed by atoms with Gasteiger partial charge in [0, 0.05) is 19.4 Å². The van der Waals surface area contributed by atoms with Gasteiger partial charge in [0.15, 0.2) is 5.11 Å². The van der Waals surface area contributed by atoms with Crippen molar-refractivity contribution >= 4 is 52.7 Å². The van der Waals surface area contributed by atoms with E-state index in [2.05, 4.69) is 17.6 Å². The second kappa shape index (κ2) is 12.3. The number of ether oxygens (including phenoxy) is 1. The number of carboxylic acids is 1. The van der Waals surface area contributed by atoms with Crippen molar-refractivity contribution < 1.29 is 38.7 Å². The van der Waals surface area contributed by atoms with Crippen molar-refractivity contribution in [1.29, 1.82) is 0 Å². The summed E-state index contributed by atoms with van der Waals surface area (Å²) in [5.74, 6) is -3.43. The number of amides is 2. The molecule has 0 spiro atoms. The molecular formula is C30H31N3O8S. The van der Waals surface area contributed by atoms with Gasteiger partial charge in [0.1, 0.15) is 6.10 Å². The van der Waals surface area contributed by atoms with Crippen LogP contribution < -0.4 is 10.6 Å². The number of carbonyl (C=O) groups is 5. The number of hydrogen-bond donors (Lipinski definition) is 3. The molecule has 1 aliphatic heterocycles. The van der Waals surface area contributed by atoms with E-state index in [4.69, 9.17) is 21.8 Å². The molecule has 2 aromatic carbocycles. The molecule has 42 heavy (non-hydrogen) atoms. The highest BCUT2D eigenvalue weighted by molar-refractivity contribution is 7.80. The highest BCUT2D eigenvalue weighted by Gasteiger charge is 2.51. The Morgan fingerprint density at radius 2 is 1.69 bits per heavy atom. The zero-order chi connectivity index (χ0) is 30.0. The molecule has 1 heterocycles. The van der Waals surface area contributed by atoms with Gasteiger partial charge in [-0.3, -0.25) is 14.4 Å². The Morgan fingerprint density at radius 3 is 2.38 bits per heavy atom. The number of para-hydroxylation sites is 1. The average Bonchev–Trinajstić information content (AvgIpc) is 3.39. The first-order valence-corrected chi connectivity index (χ1v) is 14.3. The number of hydrogen-bond acceptors (Lipinski definition) is 8. The molecule has 3 aliphatic rings. The van der Waals surface area contributed by atoms with Gasteiger partial charge in [0.05, 0.1) is 22.7 Å². The molecule has 5 atom stereocenters. The van der Waals surface area contributed by atoms with E-state index in [-0.39, 0.29) is 29.4 Å². The number of carboxylic acid groups (broad SMARTS) is 1. The Morgan fingerprint density at radius 1 is 1.00 bits per heavy atom. The molecule has 11 nitrogen and oxygen atoms in total. The predicted octanol–water partition coefficient (Wildman–Crippen LogP) is 3.69. The fourth-order valence-corrected chi connectivity index (χ4v) is 6.36. The van der Waals surface area contributed by atoms with E-state index in [1.807, 2.05) is 0 Å². The van der Waals surface area contributed by atoms with Crippen LogP contribution in [0, 0.1) is 23.7 Å². The molecule has 1 saturated heterocycles. The van der Waals surface area contributed by atoms with E-state index in [0.29, 0.717) is 41.1 Å². The lowest BCUT2D eigenvalue weighted by Gasteiger charge is -2.37. The Hall–Kier alpha value is -4.32. The molecule has 0 radical (unpaired) electrons. The minimum Gasteiger partial charge on any atom is -0.481 e. The van der Waals surface area contributed by atoms with E-state index in [0.717, 1.165) is 18.4 Å². The standard InChI is InChI=1S/C30H31N3O8S/c1-16-19-10-11-20(16)26(27(36)37)23(14-19)40-28(38)18-8-6-17(7-9-18)15-31-30(42)32-22-5-3-2-4-21(22)29(39)41-33-24(34)12-13-25(33)35/h2-9,16,19-20,23,26H,10-15H2,1H3,(H,36,37)(H2,31,32,42)/t16?,19?,20-,23?,26?/m1/s1. The van der Waals surface area contributed by atoms with E-state index in [1.165, 1.54) is 6.07 Å². The van der Waals surface area contributed by atoms with E-state index in [1.54, 1.807) is 42.5 Å². The maximum atomic E-state index is 12.9. The van der Waals surface area contributed by atoms with Crippen LogP contribution in [0.15, 0.2) is 48.5 Å². The molecule has 2 aromatic rings. The number of carbonyl (C=O) groups excluding carboxylic acids is 4. The number of anilines is 1. The van der Waals surface area contributed by atoms with Crippen LogP contribution in [0.3, 0.4) is 0 Å². The van der Waals surface area contributed by atoms with Gasteiger partial charge >= 0.3 is 17.9 Å². The summed E-state index contributed by atoms with van der Waals surface area (Å²) in [6.07, 6.45) is 1.75. The van der Waals surface area contributed by atoms with Crippen molar-refractivity contribution in [2.24, 2.45) is 23.7 Å². The Labute approximate surface area is 247 Å². The molecule has 3 N–H and O–H groups in total. The van der Waals surface area contributed by atoms with Gasteiger partial charge in [-0.05, 0) is 79.1 Å². The number of imide groups is 1. The van der Waals surface area contributed by atoms with Crippen LogP contribution >= 0.6 is 12.2 Å².